The number of halogens is 1. The number of amides is 1. The summed E-state index contributed by atoms with van der Waals surface area (Å²) in [5.74, 6) is 0.223. The number of hydrogen-bond acceptors (Lipinski definition) is 6. The minimum atomic E-state index is -0.535. The molecule has 0 spiro atoms. The molecule has 0 N–H and O–H groups in total. The molecule has 1 aromatic heterocycles. The Morgan fingerprint density at radius 3 is 2.57 bits per heavy atom. The second kappa shape index (κ2) is 8.18. The van der Waals surface area contributed by atoms with Crippen LogP contribution >= 0.6 is 11.6 Å². The average Bonchev–Trinajstić information content (AvgIpc) is 3.14. The van der Waals surface area contributed by atoms with E-state index in [-0.39, 0.29) is 35.6 Å². The smallest absolute Gasteiger partial charge is 0.270 e. The van der Waals surface area contributed by atoms with Crippen LogP contribution in [0.1, 0.15) is 30.1 Å². The van der Waals surface area contributed by atoms with Crippen molar-refractivity contribution in [2.45, 2.75) is 26.4 Å². The van der Waals surface area contributed by atoms with E-state index in [0.717, 1.165) is 0 Å². The van der Waals surface area contributed by atoms with E-state index in [4.69, 9.17) is 16.0 Å². The zero-order valence-electron chi connectivity index (χ0n) is 15.2. The fraction of sp³-hybridized carbons (Fsp3) is 0.211. The molecule has 144 valence electrons. The Morgan fingerprint density at radius 2 is 1.93 bits per heavy atom. The summed E-state index contributed by atoms with van der Waals surface area (Å²) in [4.78, 5) is 24.8. The van der Waals surface area contributed by atoms with Crippen molar-refractivity contribution in [3.63, 3.8) is 0 Å². The monoisotopic (exact) mass is 400 g/mol. The van der Waals surface area contributed by atoms with Gasteiger partial charge in [0, 0.05) is 34.3 Å². The highest BCUT2D eigenvalue weighted by molar-refractivity contribution is 6.30. The van der Waals surface area contributed by atoms with Crippen molar-refractivity contribution < 1.29 is 14.1 Å². The zero-order valence-corrected chi connectivity index (χ0v) is 16.0. The molecule has 0 aliphatic heterocycles. The lowest BCUT2D eigenvalue weighted by atomic mass is 10.1. The van der Waals surface area contributed by atoms with E-state index in [1.54, 1.807) is 24.3 Å². The van der Waals surface area contributed by atoms with E-state index < -0.39 is 4.92 Å². The molecule has 8 nitrogen and oxygen atoms in total. The Morgan fingerprint density at radius 1 is 1.21 bits per heavy atom. The molecule has 9 heteroatoms. The quantitative estimate of drug-likeness (QED) is 0.450. The van der Waals surface area contributed by atoms with Gasteiger partial charge in [0.25, 0.3) is 11.6 Å². The molecule has 0 aliphatic rings. The molecule has 3 aromatic rings. The van der Waals surface area contributed by atoms with Crippen LogP contribution in [0.2, 0.25) is 5.02 Å². The Kier molecular flexibility index (Phi) is 5.70. The molecule has 28 heavy (non-hydrogen) atoms. The number of carbonyl (C=O) groups excluding carboxylic acids is 1. The van der Waals surface area contributed by atoms with Crippen molar-refractivity contribution in [2.75, 3.05) is 0 Å². The Labute approximate surface area is 165 Å². The molecular formula is C19H17ClN4O4. The van der Waals surface area contributed by atoms with E-state index in [2.05, 4.69) is 10.2 Å². The largest absolute Gasteiger partial charge is 0.419 e. The molecule has 0 aliphatic carbocycles. The fourth-order valence-electron chi connectivity index (χ4n) is 2.58. The lowest BCUT2D eigenvalue weighted by Crippen LogP contribution is -2.36. The van der Waals surface area contributed by atoms with Gasteiger partial charge in [-0.1, -0.05) is 17.7 Å². The van der Waals surface area contributed by atoms with Gasteiger partial charge in [-0.05, 0) is 44.2 Å². The van der Waals surface area contributed by atoms with Crippen LogP contribution in [0.15, 0.2) is 52.9 Å². The van der Waals surface area contributed by atoms with Gasteiger partial charge in [0.1, 0.15) is 0 Å². The number of nitro groups is 1. The van der Waals surface area contributed by atoms with Gasteiger partial charge in [0.05, 0.1) is 11.5 Å². The summed E-state index contributed by atoms with van der Waals surface area (Å²) in [6.07, 6.45) is 0. The number of benzene rings is 2. The number of aromatic nitrogens is 2. The molecule has 0 saturated heterocycles. The van der Waals surface area contributed by atoms with Gasteiger partial charge < -0.3 is 9.32 Å². The maximum atomic E-state index is 12.9. The Hall–Kier alpha value is -3.26. The molecule has 2 aromatic carbocycles. The number of rotatable bonds is 6. The van der Waals surface area contributed by atoms with Gasteiger partial charge in [0.2, 0.25) is 11.8 Å². The SMILES string of the molecule is CC(C)N(Cc1nnc(-c2ccc(Cl)cc2)o1)C(=O)c1cccc([N+](=O)[O-])c1. The second-order valence-electron chi connectivity index (χ2n) is 6.34. The number of nitro benzene ring substituents is 1. The highest BCUT2D eigenvalue weighted by Gasteiger charge is 2.23. The van der Waals surface area contributed by atoms with Crippen molar-refractivity contribution in [1.29, 1.82) is 0 Å². The van der Waals surface area contributed by atoms with Crippen molar-refractivity contribution in [1.82, 2.24) is 15.1 Å². The standard InChI is InChI=1S/C19H17ClN4O4/c1-12(2)23(19(25)14-4-3-5-16(10-14)24(26)27)11-17-21-22-18(28-17)13-6-8-15(20)9-7-13/h3-10,12H,11H2,1-2H3. The first-order valence-corrected chi connectivity index (χ1v) is 8.86. The number of carbonyl (C=O) groups is 1. The second-order valence-corrected chi connectivity index (χ2v) is 6.78. The van der Waals surface area contributed by atoms with E-state index in [1.165, 1.54) is 29.2 Å². The van der Waals surface area contributed by atoms with Gasteiger partial charge in [-0.25, -0.2) is 0 Å². The summed E-state index contributed by atoms with van der Waals surface area (Å²) in [7, 11) is 0. The van der Waals surface area contributed by atoms with Gasteiger partial charge in [0.15, 0.2) is 0 Å². The summed E-state index contributed by atoms with van der Waals surface area (Å²) in [5.41, 5.74) is 0.793. The lowest BCUT2D eigenvalue weighted by molar-refractivity contribution is -0.384. The molecule has 0 bridgehead atoms. The van der Waals surface area contributed by atoms with Crippen LogP contribution in [0.25, 0.3) is 11.5 Å². The normalized spacial score (nSPS) is 10.9. The van der Waals surface area contributed by atoms with E-state index in [1.807, 2.05) is 13.8 Å². The molecule has 0 radical (unpaired) electrons. The summed E-state index contributed by atoms with van der Waals surface area (Å²) in [6.45, 7) is 3.76. The molecular weight excluding hydrogens is 384 g/mol. The lowest BCUT2D eigenvalue weighted by Gasteiger charge is -2.25. The van der Waals surface area contributed by atoms with E-state index in [9.17, 15) is 14.9 Å². The predicted octanol–water partition coefficient (Wildman–Crippen LogP) is 4.35. The minimum absolute atomic E-state index is 0.0831. The van der Waals surface area contributed by atoms with Crippen molar-refractivity contribution in [3.05, 3.63) is 75.1 Å². The summed E-state index contributed by atoms with van der Waals surface area (Å²) in [6, 6.07) is 12.4. The minimum Gasteiger partial charge on any atom is -0.419 e. The summed E-state index contributed by atoms with van der Waals surface area (Å²) in [5, 5.41) is 19.6. The highest BCUT2D eigenvalue weighted by atomic mass is 35.5. The molecule has 3 rings (SSSR count). The van der Waals surface area contributed by atoms with Crippen LogP contribution in [-0.2, 0) is 6.54 Å². The number of non-ortho nitro benzene ring substituents is 1. The first-order valence-electron chi connectivity index (χ1n) is 8.49. The van der Waals surface area contributed by atoms with Crippen LogP contribution in [0.4, 0.5) is 5.69 Å². The van der Waals surface area contributed by atoms with Crippen molar-refractivity contribution in [2.24, 2.45) is 0 Å². The van der Waals surface area contributed by atoms with Crippen LogP contribution in [-0.4, -0.2) is 32.0 Å². The molecule has 0 saturated carbocycles. The van der Waals surface area contributed by atoms with Gasteiger partial charge in [-0.15, -0.1) is 10.2 Å². The Balaban J connectivity index is 1.82. The van der Waals surface area contributed by atoms with Crippen molar-refractivity contribution >= 4 is 23.2 Å². The molecule has 1 amide bonds. The maximum Gasteiger partial charge on any atom is 0.270 e. The molecule has 0 fully saturated rings. The van der Waals surface area contributed by atoms with E-state index in [0.29, 0.717) is 16.5 Å². The van der Waals surface area contributed by atoms with Gasteiger partial charge in [-0.2, -0.15) is 0 Å². The Bertz CT molecular complexity index is 1000. The third-order valence-corrected chi connectivity index (χ3v) is 4.30. The van der Waals surface area contributed by atoms with Gasteiger partial charge in [-0.3, -0.25) is 14.9 Å². The van der Waals surface area contributed by atoms with Crippen LogP contribution < -0.4 is 0 Å². The van der Waals surface area contributed by atoms with E-state index >= 15 is 0 Å². The molecule has 1 heterocycles. The van der Waals surface area contributed by atoms with Crippen LogP contribution in [0, 0.1) is 10.1 Å². The molecule has 0 atom stereocenters. The van der Waals surface area contributed by atoms with Gasteiger partial charge >= 0.3 is 0 Å². The number of nitrogens with zero attached hydrogens (tertiary/aromatic N) is 4. The number of hydrogen-bond donors (Lipinski definition) is 0. The predicted molar refractivity (Wildman–Crippen MR) is 103 cm³/mol. The maximum absolute atomic E-state index is 12.9. The molecule has 0 unspecified atom stereocenters. The third kappa shape index (κ3) is 4.34. The van der Waals surface area contributed by atoms with Crippen molar-refractivity contribution in [3.8, 4) is 11.5 Å². The summed E-state index contributed by atoms with van der Waals surface area (Å²) >= 11 is 5.88. The topological polar surface area (TPSA) is 102 Å². The first-order chi connectivity index (χ1) is 13.3. The first kappa shape index (κ1) is 19.5. The highest BCUT2D eigenvalue weighted by Crippen LogP contribution is 2.22. The fourth-order valence-corrected chi connectivity index (χ4v) is 2.71. The van der Waals surface area contributed by atoms with Crippen LogP contribution in [0.5, 0.6) is 0 Å². The zero-order chi connectivity index (χ0) is 20.3. The average molecular weight is 401 g/mol. The third-order valence-electron chi connectivity index (χ3n) is 4.05. The van der Waals surface area contributed by atoms with Crippen LogP contribution in [0.3, 0.4) is 0 Å². The summed E-state index contributed by atoms with van der Waals surface area (Å²) < 4.78 is 5.67.